The number of hydrogen-bond donors (Lipinski definition) is 2. The first kappa shape index (κ1) is 38.5. The number of nitrogens with two attached hydrogens (primary N) is 2. The average Bonchev–Trinajstić information content (AvgIpc) is 3.35. The van der Waals surface area contributed by atoms with Crippen molar-refractivity contribution in [2.45, 2.75) is 63.5 Å². The van der Waals surface area contributed by atoms with Crippen LogP contribution in [0.2, 0.25) is 0 Å². The van der Waals surface area contributed by atoms with E-state index < -0.39 is 75.7 Å². The van der Waals surface area contributed by atoms with Crippen molar-refractivity contribution in [3.8, 4) is 0 Å². The summed E-state index contributed by atoms with van der Waals surface area (Å²) >= 11 is 0. The fourth-order valence-electron chi connectivity index (χ4n) is 6.38. The highest BCUT2D eigenvalue weighted by Crippen LogP contribution is 2.38. The van der Waals surface area contributed by atoms with Gasteiger partial charge in [0.25, 0.3) is 0 Å². The Hall–Kier alpha value is -3.29. The number of nitrogens with zero attached hydrogens (tertiary/aromatic N) is 5. The van der Waals surface area contributed by atoms with Gasteiger partial charge in [0.05, 0.1) is 28.2 Å². The summed E-state index contributed by atoms with van der Waals surface area (Å²) in [5.74, 6) is 5.30. The quantitative estimate of drug-likeness (QED) is 0.122. The van der Waals surface area contributed by atoms with Crippen molar-refractivity contribution in [3.63, 3.8) is 0 Å². The zero-order chi connectivity index (χ0) is 36.5. The highest BCUT2D eigenvalue weighted by Gasteiger charge is 2.38. The van der Waals surface area contributed by atoms with Crippen LogP contribution in [0.15, 0.2) is 41.5 Å². The molecule has 0 bridgehead atoms. The Kier molecular flexibility index (Phi) is 11.4. The maximum Gasteiger partial charge on any atom is 0.416 e. The Labute approximate surface area is 278 Å². The average molecular weight is 732 g/mol. The molecule has 0 spiro atoms. The van der Waals surface area contributed by atoms with Gasteiger partial charge in [-0.05, 0) is 59.9 Å². The van der Waals surface area contributed by atoms with Gasteiger partial charge in [-0.2, -0.15) is 39.5 Å². The second kappa shape index (κ2) is 14.5. The standard InChI is InChI=1S/C30H38F9N7O2S/c1-3-26(45-9-7-44(8-10-45)24-6-11-49(47,48)18-24)25-5-4-21(28(31,32)33)14-20(25)17-46(27(40)42-43(2)41)16-19-12-22(29(34,35)36)15-23(13-19)30(37,38)39/h4-5,12-15,24,26H,3,6-11,16-18,41H2,1-2H3,(H2,40,42). The van der Waals surface area contributed by atoms with E-state index in [4.69, 9.17) is 11.6 Å². The highest BCUT2D eigenvalue weighted by atomic mass is 32.2. The molecule has 0 aliphatic carbocycles. The molecule has 2 aliphatic heterocycles. The molecule has 0 amide bonds. The molecule has 2 atom stereocenters. The minimum atomic E-state index is -5.13. The minimum Gasteiger partial charge on any atom is -0.368 e. The van der Waals surface area contributed by atoms with Crippen LogP contribution >= 0.6 is 0 Å². The lowest BCUT2D eigenvalue weighted by molar-refractivity contribution is -0.143. The van der Waals surface area contributed by atoms with Gasteiger partial charge in [0, 0.05) is 58.4 Å². The van der Waals surface area contributed by atoms with Crippen LogP contribution in [-0.4, -0.2) is 85.0 Å². The second-order valence-corrected chi connectivity index (χ2v) is 14.5. The van der Waals surface area contributed by atoms with Crippen molar-refractivity contribution in [1.29, 1.82) is 0 Å². The number of piperazine rings is 1. The van der Waals surface area contributed by atoms with E-state index in [1.807, 2.05) is 6.92 Å². The van der Waals surface area contributed by atoms with Gasteiger partial charge in [-0.1, -0.05) is 13.0 Å². The molecule has 4 rings (SSSR count). The smallest absolute Gasteiger partial charge is 0.368 e. The van der Waals surface area contributed by atoms with E-state index in [-0.39, 0.29) is 29.2 Å². The first-order valence-electron chi connectivity index (χ1n) is 15.3. The lowest BCUT2D eigenvalue weighted by Crippen LogP contribution is -2.51. The molecule has 49 heavy (non-hydrogen) atoms. The normalized spacial score (nSPS) is 20.4. The van der Waals surface area contributed by atoms with Gasteiger partial charge < -0.3 is 10.6 Å². The molecule has 0 aromatic heterocycles. The summed E-state index contributed by atoms with van der Waals surface area (Å²) in [6, 6.07) is 3.57. The van der Waals surface area contributed by atoms with Gasteiger partial charge in [-0.25, -0.2) is 19.4 Å². The SMILES string of the molecule is CCC(c1ccc(C(F)(F)F)cc1CN(Cc1cc(C(F)(F)F)cc(C(F)(F)F)c1)/C(N)=N/N(C)N)N1CCN(C2CCS(=O)(=O)C2)CC1. The number of guanidine groups is 1. The molecule has 2 unspecified atom stereocenters. The summed E-state index contributed by atoms with van der Waals surface area (Å²) < 4.78 is 148. The Morgan fingerprint density at radius 3 is 1.94 bits per heavy atom. The number of benzene rings is 2. The van der Waals surface area contributed by atoms with E-state index in [0.29, 0.717) is 56.7 Å². The third-order valence-electron chi connectivity index (χ3n) is 8.70. The van der Waals surface area contributed by atoms with Crippen molar-refractivity contribution in [3.05, 3.63) is 69.8 Å². The van der Waals surface area contributed by atoms with Crippen LogP contribution in [0.25, 0.3) is 0 Å². The van der Waals surface area contributed by atoms with Gasteiger partial charge in [0.2, 0.25) is 5.96 Å². The van der Waals surface area contributed by atoms with Gasteiger partial charge in [0.1, 0.15) is 0 Å². The number of hydrazine groups is 1. The van der Waals surface area contributed by atoms with Crippen molar-refractivity contribution in [2.24, 2.45) is 16.7 Å². The minimum absolute atomic E-state index is 0.0267. The Morgan fingerprint density at radius 2 is 1.47 bits per heavy atom. The predicted molar refractivity (Wildman–Crippen MR) is 164 cm³/mol. The predicted octanol–water partition coefficient (Wildman–Crippen LogP) is 5.04. The molecular formula is C30H38F9N7O2S. The number of rotatable bonds is 9. The van der Waals surface area contributed by atoms with Crippen LogP contribution in [0, 0.1) is 0 Å². The number of alkyl halides is 9. The zero-order valence-corrected chi connectivity index (χ0v) is 27.5. The second-order valence-electron chi connectivity index (χ2n) is 12.3. The lowest BCUT2D eigenvalue weighted by atomic mass is 9.93. The van der Waals surface area contributed by atoms with Crippen LogP contribution in [0.5, 0.6) is 0 Å². The first-order valence-corrected chi connectivity index (χ1v) is 17.1. The van der Waals surface area contributed by atoms with Crippen molar-refractivity contribution >= 4 is 15.8 Å². The maximum atomic E-state index is 14.0. The van der Waals surface area contributed by atoms with Crippen LogP contribution in [0.4, 0.5) is 39.5 Å². The van der Waals surface area contributed by atoms with E-state index in [1.165, 1.54) is 13.1 Å². The third-order valence-corrected chi connectivity index (χ3v) is 10.4. The number of hydrogen-bond acceptors (Lipinski definition) is 7. The molecule has 9 nitrogen and oxygen atoms in total. The van der Waals surface area contributed by atoms with E-state index >= 15 is 0 Å². The van der Waals surface area contributed by atoms with E-state index in [1.54, 1.807) is 0 Å². The molecule has 0 radical (unpaired) electrons. The number of halogens is 9. The molecule has 19 heteroatoms. The highest BCUT2D eigenvalue weighted by molar-refractivity contribution is 7.91. The van der Waals surface area contributed by atoms with Crippen molar-refractivity contribution < 1.29 is 47.9 Å². The largest absolute Gasteiger partial charge is 0.416 e. The summed E-state index contributed by atoms with van der Waals surface area (Å²) in [6.07, 6.45) is -14.1. The first-order chi connectivity index (χ1) is 22.6. The van der Waals surface area contributed by atoms with Crippen LogP contribution in [0.3, 0.4) is 0 Å². The summed E-state index contributed by atoms with van der Waals surface area (Å²) in [4.78, 5) is 5.21. The van der Waals surface area contributed by atoms with Gasteiger partial charge in [0.15, 0.2) is 9.84 Å². The van der Waals surface area contributed by atoms with E-state index in [2.05, 4.69) is 14.9 Å². The fourth-order valence-corrected chi connectivity index (χ4v) is 8.14. The molecular weight excluding hydrogens is 693 g/mol. The lowest BCUT2D eigenvalue weighted by Gasteiger charge is -2.42. The topological polar surface area (TPSA) is 111 Å². The fraction of sp³-hybridized carbons (Fsp3) is 0.567. The molecule has 2 aromatic rings. The summed E-state index contributed by atoms with van der Waals surface area (Å²) in [6.45, 7) is 2.68. The number of hydrazone groups is 1. The summed E-state index contributed by atoms with van der Waals surface area (Å²) in [7, 11) is -1.86. The zero-order valence-electron chi connectivity index (χ0n) is 26.7. The van der Waals surface area contributed by atoms with E-state index in [9.17, 15) is 47.9 Å². The molecule has 0 saturated carbocycles. The Balaban J connectivity index is 1.72. The van der Waals surface area contributed by atoms with Gasteiger partial charge in [-0.3, -0.25) is 9.80 Å². The van der Waals surface area contributed by atoms with Crippen molar-refractivity contribution in [2.75, 3.05) is 44.7 Å². The van der Waals surface area contributed by atoms with E-state index in [0.717, 1.165) is 22.2 Å². The monoisotopic (exact) mass is 731 g/mol. The molecule has 2 fully saturated rings. The van der Waals surface area contributed by atoms with Gasteiger partial charge >= 0.3 is 18.5 Å². The number of sulfone groups is 1. The molecule has 2 heterocycles. The molecule has 2 aliphatic rings. The maximum absolute atomic E-state index is 14.0. The van der Waals surface area contributed by atoms with Crippen LogP contribution in [-0.2, 0) is 41.5 Å². The molecule has 4 N–H and O–H groups in total. The van der Waals surface area contributed by atoms with Crippen molar-refractivity contribution in [1.82, 2.24) is 19.8 Å². The third kappa shape index (κ3) is 9.91. The summed E-state index contributed by atoms with van der Waals surface area (Å²) in [5, 5.41) is 4.57. The van der Waals surface area contributed by atoms with Crippen LogP contribution in [0.1, 0.15) is 59.2 Å². The molecule has 2 aromatic carbocycles. The van der Waals surface area contributed by atoms with Crippen LogP contribution < -0.4 is 11.6 Å². The molecule has 274 valence electrons. The summed E-state index contributed by atoms with van der Waals surface area (Å²) in [5.41, 5.74) is 2.02. The Morgan fingerprint density at radius 1 is 0.898 bits per heavy atom. The Bertz CT molecular complexity index is 1570. The van der Waals surface area contributed by atoms with Gasteiger partial charge in [-0.15, -0.1) is 5.10 Å². The molecule has 2 saturated heterocycles.